The predicted molar refractivity (Wildman–Crippen MR) is 114 cm³/mol. The van der Waals surface area contributed by atoms with Crippen molar-refractivity contribution in [1.82, 2.24) is 0 Å². The van der Waals surface area contributed by atoms with E-state index in [1.807, 2.05) is 0 Å². The van der Waals surface area contributed by atoms with Gasteiger partial charge in [-0.25, -0.2) is 9.18 Å². The van der Waals surface area contributed by atoms with E-state index in [9.17, 15) is 28.9 Å². The van der Waals surface area contributed by atoms with Crippen LogP contribution in [0.5, 0.6) is 0 Å². The Morgan fingerprint density at radius 2 is 1.72 bits per heavy atom. The molecule has 1 aliphatic rings. The summed E-state index contributed by atoms with van der Waals surface area (Å²) in [6.07, 6.45) is 4.48. The summed E-state index contributed by atoms with van der Waals surface area (Å²) in [6, 6.07) is 6.83. The molecule has 2 N–H and O–H groups in total. The van der Waals surface area contributed by atoms with Crippen molar-refractivity contribution < 1.29 is 28.4 Å². The van der Waals surface area contributed by atoms with Crippen molar-refractivity contribution in [3.63, 3.8) is 0 Å². The lowest BCUT2D eigenvalue weighted by Crippen LogP contribution is -2.25. The highest BCUT2D eigenvalue weighted by atomic mass is 19.1. The Labute approximate surface area is 183 Å². The van der Waals surface area contributed by atoms with E-state index >= 15 is 0 Å². The molecule has 2 aromatic carbocycles. The van der Waals surface area contributed by atoms with Crippen LogP contribution in [0.15, 0.2) is 36.4 Å². The van der Waals surface area contributed by atoms with Crippen LogP contribution in [0.25, 0.3) is 0 Å². The molecule has 0 spiro atoms. The molecule has 0 heterocycles. The highest BCUT2D eigenvalue weighted by molar-refractivity contribution is 6.06. The molecule has 1 fully saturated rings. The number of carbonyl (C=O) groups excluding carboxylic acids is 3. The summed E-state index contributed by atoms with van der Waals surface area (Å²) < 4.78 is 18.8. The zero-order valence-corrected chi connectivity index (χ0v) is 17.4. The van der Waals surface area contributed by atoms with E-state index < -0.39 is 28.3 Å². The third kappa shape index (κ3) is 5.45. The lowest BCUT2D eigenvalue weighted by Gasteiger charge is -2.21. The van der Waals surface area contributed by atoms with Crippen LogP contribution in [-0.2, 0) is 9.53 Å². The van der Waals surface area contributed by atoms with Crippen molar-refractivity contribution in [2.75, 3.05) is 17.7 Å². The number of carbonyl (C=O) groups is 3. The lowest BCUT2D eigenvalue weighted by molar-refractivity contribution is -0.384. The van der Waals surface area contributed by atoms with E-state index in [1.54, 1.807) is 0 Å². The van der Waals surface area contributed by atoms with Crippen LogP contribution < -0.4 is 10.6 Å². The Kier molecular flexibility index (Phi) is 7.14. The first-order chi connectivity index (χ1) is 15.3. The molecule has 0 bridgehead atoms. The number of amides is 2. The number of benzene rings is 2. The number of hydrogen-bond acceptors (Lipinski definition) is 6. The second kappa shape index (κ2) is 9.99. The van der Waals surface area contributed by atoms with Crippen LogP contribution in [0, 0.1) is 21.8 Å². The Balaban J connectivity index is 1.80. The lowest BCUT2D eigenvalue weighted by atomic mass is 9.88. The van der Waals surface area contributed by atoms with E-state index in [4.69, 9.17) is 0 Å². The first kappa shape index (κ1) is 22.9. The van der Waals surface area contributed by atoms with Gasteiger partial charge in [-0.1, -0.05) is 19.3 Å². The van der Waals surface area contributed by atoms with E-state index in [-0.39, 0.29) is 34.3 Å². The fourth-order valence-corrected chi connectivity index (χ4v) is 3.59. The predicted octanol–water partition coefficient (Wildman–Crippen LogP) is 4.29. The number of ether oxygens (including phenoxy) is 1. The van der Waals surface area contributed by atoms with Gasteiger partial charge in [0, 0.05) is 29.3 Å². The van der Waals surface area contributed by atoms with Gasteiger partial charge in [-0.3, -0.25) is 19.7 Å². The summed E-state index contributed by atoms with van der Waals surface area (Å²) in [7, 11) is 1.11. The number of methoxy groups -OCH3 is 1. The van der Waals surface area contributed by atoms with Crippen LogP contribution >= 0.6 is 0 Å². The average Bonchev–Trinajstić information content (AvgIpc) is 2.80. The monoisotopic (exact) mass is 443 g/mol. The number of rotatable bonds is 6. The summed E-state index contributed by atoms with van der Waals surface area (Å²) in [4.78, 5) is 47.3. The Bertz CT molecular complexity index is 1070. The summed E-state index contributed by atoms with van der Waals surface area (Å²) in [5, 5.41) is 16.2. The summed E-state index contributed by atoms with van der Waals surface area (Å²) in [6.45, 7) is 0. The molecule has 10 heteroatoms. The van der Waals surface area contributed by atoms with E-state index in [0.29, 0.717) is 0 Å². The first-order valence-corrected chi connectivity index (χ1v) is 10.1. The number of nitro groups is 1. The van der Waals surface area contributed by atoms with E-state index in [0.717, 1.165) is 63.5 Å². The molecule has 168 valence electrons. The van der Waals surface area contributed by atoms with Gasteiger partial charge in [0.1, 0.15) is 5.82 Å². The van der Waals surface area contributed by atoms with Crippen molar-refractivity contribution in [3.05, 3.63) is 63.5 Å². The highest BCUT2D eigenvalue weighted by Crippen LogP contribution is 2.27. The molecule has 1 aliphatic carbocycles. The Hall–Kier alpha value is -3.82. The van der Waals surface area contributed by atoms with Crippen LogP contribution in [0.2, 0.25) is 0 Å². The van der Waals surface area contributed by atoms with Crippen LogP contribution in [0.1, 0.15) is 52.8 Å². The fraction of sp³-hybridized carbons (Fsp3) is 0.318. The zero-order chi connectivity index (χ0) is 23.3. The molecule has 3 rings (SSSR count). The molecular formula is C22H22FN3O6. The van der Waals surface area contributed by atoms with Crippen LogP contribution in [0.3, 0.4) is 0 Å². The van der Waals surface area contributed by atoms with Gasteiger partial charge in [-0.15, -0.1) is 0 Å². The minimum atomic E-state index is -0.836. The molecule has 0 aromatic heterocycles. The highest BCUT2D eigenvalue weighted by Gasteiger charge is 2.22. The third-order valence-corrected chi connectivity index (χ3v) is 5.27. The molecular weight excluding hydrogens is 421 g/mol. The van der Waals surface area contributed by atoms with Crippen molar-refractivity contribution in [1.29, 1.82) is 0 Å². The molecule has 0 atom stereocenters. The van der Waals surface area contributed by atoms with Gasteiger partial charge in [-0.05, 0) is 37.1 Å². The van der Waals surface area contributed by atoms with Gasteiger partial charge >= 0.3 is 5.97 Å². The van der Waals surface area contributed by atoms with Gasteiger partial charge in [0.15, 0.2) is 0 Å². The molecule has 2 amide bonds. The van der Waals surface area contributed by atoms with Gasteiger partial charge < -0.3 is 15.4 Å². The standard InChI is InChI=1S/C22H22FN3O6/c1-32-22(29)15-9-14(10-17(11-15)26(30)31)21(28)24-16-7-8-18(23)19(12-16)25-20(27)13-5-3-2-4-6-13/h7-13H,2-6H2,1H3,(H,24,28)(H,25,27). The van der Waals surface area contributed by atoms with Crippen molar-refractivity contribution in [3.8, 4) is 0 Å². The molecule has 0 aliphatic heterocycles. The van der Waals surface area contributed by atoms with E-state index in [1.165, 1.54) is 12.1 Å². The van der Waals surface area contributed by atoms with Gasteiger partial charge in [-0.2, -0.15) is 0 Å². The smallest absolute Gasteiger partial charge is 0.338 e. The summed E-state index contributed by atoms with van der Waals surface area (Å²) in [5.41, 5.74) is -0.685. The van der Waals surface area contributed by atoms with Crippen molar-refractivity contribution in [2.24, 2.45) is 5.92 Å². The number of halogens is 1. The molecule has 0 saturated heterocycles. The summed E-state index contributed by atoms with van der Waals surface area (Å²) in [5.74, 6) is -2.70. The minimum absolute atomic E-state index is 0.0762. The normalized spacial score (nSPS) is 13.8. The first-order valence-electron chi connectivity index (χ1n) is 10.1. The van der Waals surface area contributed by atoms with Crippen LogP contribution in [-0.4, -0.2) is 29.8 Å². The van der Waals surface area contributed by atoms with Gasteiger partial charge in [0.05, 0.1) is 23.3 Å². The minimum Gasteiger partial charge on any atom is -0.465 e. The number of hydrogen-bond donors (Lipinski definition) is 2. The number of esters is 1. The Morgan fingerprint density at radius 1 is 1.03 bits per heavy atom. The quantitative estimate of drug-likeness (QED) is 0.389. The van der Waals surface area contributed by atoms with Gasteiger partial charge in [0.2, 0.25) is 5.91 Å². The fourth-order valence-electron chi connectivity index (χ4n) is 3.59. The topological polar surface area (TPSA) is 128 Å². The number of anilines is 2. The maximum Gasteiger partial charge on any atom is 0.338 e. The molecule has 32 heavy (non-hydrogen) atoms. The molecule has 2 aromatic rings. The number of non-ortho nitro benzene ring substituents is 1. The molecule has 1 saturated carbocycles. The zero-order valence-electron chi connectivity index (χ0n) is 17.4. The number of nitro benzene ring substituents is 1. The maximum atomic E-state index is 14.2. The Morgan fingerprint density at radius 3 is 2.38 bits per heavy atom. The van der Waals surface area contributed by atoms with E-state index in [2.05, 4.69) is 15.4 Å². The average molecular weight is 443 g/mol. The molecule has 9 nitrogen and oxygen atoms in total. The molecule has 0 unspecified atom stereocenters. The SMILES string of the molecule is COC(=O)c1cc(C(=O)Nc2ccc(F)c(NC(=O)C3CCCCC3)c2)cc([N+](=O)[O-])c1. The summed E-state index contributed by atoms with van der Waals surface area (Å²) >= 11 is 0. The number of nitrogens with one attached hydrogen (secondary N) is 2. The second-order valence-electron chi connectivity index (χ2n) is 7.49. The molecule has 0 radical (unpaired) electrons. The maximum absolute atomic E-state index is 14.2. The van der Waals surface area contributed by atoms with Crippen molar-refractivity contribution >= 4 is 34.8 Å². The largest absolute Gasteiger partial charge is 0.465 e. The van der Waals surface area contributed by atoms with Crippen LogP contribution in [0.4, 0.5) is 21.5 Å². The van der Waals surface area contributed by atoms with Gasteiger partial charge in [0.25, 0.3) is 11.6 Å². The number of nitrogens with zero attached hydrogens (tertiary/aromatic N) is 1. The third-order valence-electron chi connectivity index (χ3n) is 5.27. The van der Waals surface area contributed by atoms with Crippen molar-refractivity contribution in [2.45, 2.75) is 32.1 Å². The second-order valence-corrected chi connectivity index (χ2v) is 7.49.